The average molecular weight is 491 g/mol. The van der Waals surface area contributed by atoms with Gasteiger partial charge in [0.15, 0.2) is 5.13 Å². The lowest BCUT2D eigenvalue weighted by atomic mass is 9.95. The van der Waals surface area contributed by atoms with Crippen molar-refractivity contribution in [2.24, 2.45) is 0 Å². The van der Waals surface area contributed by atoms with E-state index in [0.717, 1.165) is 10.3 Å². The van der Waals surface area contributed by atoms with Crippen LogP contribution in [0.25, 0.3) is 16.0 Å². The molecule has 0 saturated carbocycles. The van der Waals surface area contributed by atoms with Gasteiger partial charge in [-0.1, -0.05) is 64.9 Å². The van der Waals surface area contributed by atoms with Gasteiger partial charge in [-0.05, 0) is 42.8 Å². The number of ketones is 1. The summed E-state index contributed by atoms with van der Waals surface area (Å²) < 4.78 is 6.05. The molecule has 1 aliphatic rings. The highest BCUT2D eigenvalue weighted by atomic mass is 35.5. The fourth-order valence-corrected chi connectivity index (χ4v) is 5.28. The predicted molar refractivity (Wildman–Crippen MR) is 134 cm³/mol. The standard InChI is InChI=1S/C26H19ClN2O4S/c1-14-6-8-15(9-7-14)22-21(23(30)16-4-3-5-18(12-16)33-2)24(31)25(32)29(22)26-28-19-11-10-17(27)13-20(19)34-26/h3-13,22,30H,1-2H3/b23-21+. The number of fused-ring (bicyclic) bond motifs is 1. The second kappa shape index (κ2) is 8.59. The first-order valence-corrected chi connectivity index (χ1v) is 11.6. The van der Waals surface area contributed by atoms with Crippen molar-refractivity contribution >= 4 is 55.7 Å². The molecular weight excluding hydrogens is 472 g/mol. The first-order valence-electron chi connectivity index (χ1n) is 10.5. The van der Waals surface area contributed by atoms with Crippen LogP contribution in [-0.2, 0) is 9.59 Å². The van der Waals surface area contributed by atoms with E-state index in [1.165, 1.54) is 23.3 Å². The average Bonchev–Trinajstić information content (AvgIpc) is 3.37. The molecule has 0 bridgehead atoms. The molecule has 8 heteroatoms. The van der Waals surface area contributed by atoms with E-state index in [4.69, 9.17) is 16.3 Å². The van der Waals surface area contributed by atoms with E-state index in [1.54, 1.807) is 42.5 Å². The molecule has 0 spiro atoms. The molecule has 3 aromatic carbocycles. The minimum atomic E-state index is -0.845. The molecule has 1 fully saturated rings. The molecule has 2 heterocycles. The Morgan fingerprint density at radius 1 is 1.09 bits per heavy atom. The number of halogens is 1. The predicted octanol–water partition coefficient (Wildman–Crippen LogP) is 5.89. The Hall–Kier alpha value is -3.68. The molecule has 5 rings (SSSR count). The van der Waals surface area contributed by atoms with E-state index in [1.807, 2.05) is 31.2 Å². The molecule has 1 aliphatic heterocycles. The summed E-state index contributed by atoms with van der Waals surface area (Å²) in [5.74, 6) is -1.27. The maximum absolute atomic E-state index is 13.3. The van der Waals surface area contributed by atoms with Gasteiger partial charge >= 0.3 is 5.91 Å². The summed E-state index contributed by atoms with van der Waals surface area (Å²) >= 11 is 7.39. The number of anilines is 1. The summed E-state index contributed by atoms with van der Waals surface area (Å²) in [6, 6.07) is 18.6. The number of rotatable bonds is 4. The minimum absolute atomic E-state index is 0.000561. The van der Waals surface area contributed by atoms with Crippen LogP contribution in [0.3, 0.4) is 0 Å². The van der Waals surface area contributed by atoms with Crippen molar-refractivity contribution in [2.45, 2.75) is 13.0 Å². The molecule has 1 aromatic heterocycles. The van der Waals surface area contributed by atoms with Crippen LogP contribution in [0.15, 0.2) is 72.3 Å². The largest absolute Gasteiger partial charge is 0.507 e. The number of amides is 1. The molecule has 1 atom stereocenters. The number of Topliss-reactive ketones (excluding diaryl/α,β-unsaturated/α-hetero) is 1. The minimum Gasteiger partial charge on any atom is -0.507 e. The van der Waals surface area contributed by atoms with Gasteiger partial charge in [0.05, 0.1) is 28.9 Å². The molecule has 6 nitrogen and oxygen atoms in total. The van der Waals surface area contributed by atoms with Crippen molar-refractivity contribution in [3.8, 4) is 5.75 Å². The molecule has 4 aromatic rings. The Bertz CT molecular complexity index is 1480. The molecule has 0 radical (unpaired) electrons. The summed E-state index contributed by atoms with van der Waals surface area (Å²) in [5, 5.41) is 12.2. The van der Waals surface area contributed by atoms with Crippen LogP contribution in [0.1, 0.15) is 22.7 Å². The summed E-state index contributed by atoms with van der Waals surface area (Å²) in [5.41, 5.74) is 2.77. The number of nitrogens with zero attached hydrogens (tertiary/aromatic N) is 2. The molecule has 1 N–H and O–H groups in total. The Kier molecular flexibility index (Phi) is 5.59. The van der Waals surface area contributed by atoms with Crippen molar-refractivity contribution in [1.82, 2.24) is 4.98 Å². The Morgan fingerprint density at radius 3 is 2.59 bits per heavy atom. The normalized spacial score (nSPS) is 17.5. The van der Waals surface area contributed by atoms with Crippen molar-refractivity contribution < 1.29 is 19.4 Å². The second-order valence-electron chi connectivity index (χ2n) is 7.92. The number of aromatic nitrogens is 1. The highest BCUT2D eigenvalue weighted by Crippen LogP contribution is 2.44. The van der Waals surface area contributed by atoms with Crippen molar-refractivity contribution in [2.75, 3.05) is 12.0 Å². The molecule has 1 unspecified atom stereocenters. The van der Waals surface area contributed by atoms with Crippen LogP contribution in [0, 0.1) is 6.92 Å². The number of hydrogen-bond donors (Lipinski definition) is 1. The zero-order valence-corrected chi connectivity index (χ0v) is 19.9. The Balaban J connectivity index is 1.73. The number of benzene rings is 3. The lowest BCUT2D eigenvalue weighted by molar-refractivity contribution is -0.132. The monoisotopic (exact) mass is 490 g/mol. The number of aliphatic hydroxyl groups excluding tert-OH is 1. The number of thiazole rings is 1. The van der Waals surface area contributed by atoms with Gasteiger partial charge in [0.1, 0.15) is 11.5 Å². The van der Waals surface area contributed by atoms with Crippen molar-refractivity contribution in [3.63, 3.8) is 0 Å². The maximum atomic E-state index is 13.3. The molecule has 34 heavy (non-hydrogen) atoms. The topological polar surface area (TPSA) is 79.7 Å². The number of aliphatic hydroxyl groups is 1. The number of ether oxygens (including phenoxy) is 1. The molecule has 170 valence electrons. The van der Waals surface area contributed by atoms with Gasteiger partial charge in [-0.3, -0.25) is 14.5 Å². The zero-order valence-electron chi connectivity index (χ0n) is 18.3. The van der Waals surface area contributed by atoms with E-state index >= 15 is 0 Å². The van der Waals surface area contributed by atoms with E-state index < -0.39 is 17.7 Å². The highest BCUT2D eigenvalue weighted by molar-refractivity contribution is 7.22. The van der Waals surface area contributed by atoms with E-state index in [2.05, 4.69) is 4.98 Å². The number of carbonyl (C=O) groups excluding carboxylic acids is 2. The fraction of sp³-hybridized carbons (Fsp3) is 0.115. The van der Waals surface area contributed by atoms with Gasteiger partial charge in [0.2, 0.25) is 0 Å². The van der Waals surface area contributed by atoms with E-state index in [0.29, 0.717) is 32.5 Å². The molecule has 1 amide bonds. The van der Waals surface area contributed by atoms with Gasteiger partial charge in [0.25, 0.3) is 5.78 Å². The van der Waals surface area contributed by atoms with Crippen molar-refractivity contribution in [1.29, 1.82) is 0 Å². The van der Waals surface area contributed by atoms with Crippen LogP contribution in [0.2, 0.25) is 5.02 Å². The molecule has 0 aliphatic carbocycles. The summed E-state index contributed by atoms with van der Waals surface area (Å²) in [6.07, 6.45) is 0. The maximum Gasteiger partial charge on any atom is 0.301 e. The van der Waals surface area contributed by atoms with Gasteiger partial charge in [0, 0.05) is 10.6 Å². The lowest BCUT2D eigenvalue weighted by Crippen LogP contribution is -2.29. The van der Waals surface area contributed by atoms with E-state index in [-0.39, 0.29) is 11.3 Å². The van der Waals surface area contributed by atoms with Crippen LogP contribution in [0.5, 0.6) is 5.75 Å². The third-order valence-corrected chi connectivity index (χ3v) is 6.98. The van der Waals surface area contributed by atoms with Gasteiger partial charge in [-0.15, -0.1) is 0 Å². The number of carbonyl (C=O) groups is 2. The second-order valence-corrected chi connectivity index (χ2v) is 9.37. The Morgan fingerprint density at radius 2 is 1.85 bits per heavy atom. The molecule has 1 saturated heterocycles. The SMILES string of the molecule is COc1cccc(/C(O)=C2\C(=O)C(=O)N(c3nc4ccc(Cl)cc4s3)C2c2ccc(C)cc2)c1. The van der Waals surface area contributed by atoms with Crippen LogP contribution < -0.4 is 9.64 Å². The van der Waals surface area contributed by atoms with Gasteiger partial charge in [-0.2, -0.15) is 0 Å². The van der Waals surface area contributed by atoms with Crippen LogP contribution in [-0.4, -0.2) is 28.9 Å². The summed E-state index contributed by atoms with van der Waals surface area (Å²) in [6.45, 7) is 1.95. The number of aryl methyl sites for hydroxylation is 1. The smallest absolute Gasteiger partial charge is 0.301 e. The third kappa shape index (κ3) is 3.73. The summed E-state index contributed by atoms with van der Waals surface area (Å²) in [4.78, 5) is 32.6. The highest BCUT2D eigenvalue weighted by Gasteiger charge is 2.48. The first-order chi connectivity index (χ1) is 16.4. The van der Waals surface area contributed by atoms with Crippen LogP contribution in [0.4, 0.5) is 5.13 Å². The van der Waals surface area contributed by atoms with Crippen LogP contribution >= 0.6 is 22.9 Å². The fourth-order valence-electron chi connectivity index (χ4n) is 4.01. The number of methoxy groups -OCH3 is 1. The first kappa shape index (κ1) is 22.1. The quantitative estimate of drug-likeness (QED) is 0.219. The zero-order chi connectivity index (χ0) is 24.0. The molecular formula is C26H19ClN2O4S. The van der Waals surface area contributed by atoms with Gasteiger partial charge < -0.3 is 9.84 Å². The number of hydrogen-bond acceptors (Lipinski definition) is 6. The lowest BCUT2D eigenvalue weighted by Gasteiger charge is -2.23. The van der Waals surface area contributed by atoms with Crippen molar-refractivity contribution in [3.05, 3.63) is 94.0 Å². The van der Waals surface area contributed by atoms with Gasteiger partial charge in [-0.25, -0.2) is 4.98 Å². The Labute approximate surface area is 204 Å². The van der Waals surface area contributed by atoms with E-state index in [9.17, 15) is 14.7 Å². The summed E-state index contributed by atoms with van der Waals surface area (Å²) in [7, 11) is 1.52. The third-order valence-electron chi connectivity index (χ3n) is 5.73.